The second kappa shape index (κ2) is 12.3. The Morgan fingerprint density at radius 2 is 1.81 bits per heavy atom. The van der Waals surface area contributed by atoms with Gasteiger partial charge in [0.25, 0.3) is 5.91 Å². The van der Waals surface area contributed by atoms with Crippen molar-refractivity contribution >= 4 is 38.3 Å². The van der Waals surface area contributed by atoms with Crippen LogP contribution in [0.3, 0.4) is 0 Å². The maximum Gasteiger partial charge on any atom is 0.268 e. The predicted molar refractivity (Wildman–Crippen MR) is 140 cm³/mol. The molecule has 0 aliphatic heterocycles. The van der Waals surface area contributed by atoms with Crippen LogP contribution in [0.15, 0.2) is 46.3 Å². The first-order valence-electron chi connectivity index (χ1n) is 11.1. The fourth-order valence-corrected chi connectivity index (χ4v) is 4.57. The summed E-state index contributed by atoms with van der Waals surface area (Å²) in [6, 6.07) is 12.9. The van der Waals surface area contributed by atoms with Gasteiger partial charge in [-0.2, -0.15) is 5.26 Å². The van der Waals surface area contributed by atoms with E-state index in [4.69, 9.17) is 14.2 Å². The number of ether oxygens (including phenoxy) is 3. The zero-order chi connectivity index (χ0) is 27.0. The average Bonchev–Trinajstić information content (AvgIpc) is 3.34. The third-order valence-electron chi connectivity index (χ3n) is 4.96. The highest BCUT2D eigenvalue weighted by Gasteiger charge is 2.18. The van der Waals surface area contributed by atoms with Gasteiger partial charge in [-0.25, -0.2) is 8.42 Å². The summed E-state index contributed by atoms with van der Waals surface area (Å²) in [6.45, 7) is 4.91. The molecule has 0 aliphatic carbocycles. The number of nitriles is 1. The fourth-order valence-electron chi connectivity index (χ4n) is 3.07. The number of benzene rings is 2. The first kappa shape index (κ1) is 27.6. The zero-order valence-corrected chi connectivity index (χ0v) is 22.4. The van der Waals surface area contributed by atoms with Crippen LogP contribution in [0.4, 0.5) is 5.13 Å². The molecule has 0 spiro atoms. The maximum atomic E-state index is 12.5. The van der Waals surface area contributed by atoms with E-state index in [-0.39, 0.29) is 15.0 Å². The molecule has 0 saturated heterocycles. The number of carbonyl (C=O) groups is 1. The van der Waals surface area contributed by atoms with Crippen molar-refractivity contribution in [3.63, 3.8) is 0 Å². The van der Waals surface area contributed by atoms with Gasteiger partial charge in [-0.3, -0.25) is 10.1 Å². The molecule has 0 bridgehead atoms. The summed E-state index contributed by atoms with van der Waals surface area (Å²) in [6.07, 6.45) is 3.02. The van der Waals surface area contributed by atoms with E-state index in [1.807, 2.05) is 38.1 Å². The van der Waals surface area contributed by atoms with Gasteiger partial charge in [0.05, 0.1) is 20.3 Å². The number of aromatic nitrogens is 2. The quantitative estimate of drug-likeness (QED) is 0.165. The van der Waals surface area contributed by atoms with Crippen molar-refractivity contribution in [2.75, 3.05) is 31.9 Å². The van der Waals surface area contributed by atoms with Crippen molar-refractivity contribution in [3.05, 3.63) is 58.7 Å². The van der Waals surface area contributed by atoms with Crippen LogP contribution in [-0.4, -0.2) is 51.1 Å². The van der Waals surface area contributed by atoms with Crippen molar-refractivity contribution in [1.29, 1.82) is 5.26 Å². The van der Waals surface area contributed by atoms with Gasteiger partial charge in [-0.05, 0) is 54.8 Å². The molecule has 1 heterocycles. The number of methoxy groups -OCH3 is 1. The SMILES string of the molecule is COc1cc(C=C(C#N)C(=O)Nc2nnc(S(C)(=O)=O)s2)ccc1OCCCOc1cc(C)ccc1C. The molecule has 0 atom stereocenters. The Morgan fingerprint density at radius 1 is 1.08 bits per heavy atom. The number of hydrogen-bond acceptors (Lipinski definition) is 10. The molecule has 12 heteroatoms. The van der Waals surface area contributed by atoms with Gasteiger partial charge < -0.3 is 14.2 Å². The molecular formula is C25H26N4O6S2. The van der Waals surface area contributed by atoms with Gasteiger partial charge in [0.1, 0.15) is 17.4 Å². The van der Waals surface area contributed by atoms with E-state index in [9.17, 15) is 18.5 Å². The van der Waals surface area contributed by atoms with Crippen LogP contribution in [0.2, 0.25) is 0 Å². The summed E-state index contributed by atoms with van der Waals surface area (Å²) < 4.78 is 39.9. The highest BCUT2D eigenvalue weighted by molar-refractivity contribution is 7.92. The molecule has 0 radical (unpaired) electrons. The highest BCUT2D eigenvalue weighted by Crippen LogP contribution is 2.29. The Hall–Kier alpha value is -3.95. The minimum Gasteiger partial charge on any atom is -0.493 e. The van der Waals surface area contributed by atoms with E-state index >= 15 is 0 Å². The van der Waals surface area contributed by atoms with E-state index < -0.39 is 15.7 Å². The topological polar surface area (TPSA) is 140 Å². The van der Waals surface area contributed by atoms with Crippen LogP contribution in [0.5, 0.6) is 17.2 Å². The third-order valence-corrected chi connectivity index (χ3v) is 7.46. The van der Waals surface area contributed by atoms with Gasteiger partial charge in [0.2, 0.25) is 19.3 Å². The average molecular weight is 543 g/mol. The van der Waals surface area contributed by atoms with Crippen molar-refractivity contribution < 1.29 is 27.4 Å². The zero-order valence-electron chi connectivity index (χ0n) is 20.8. The van der Waals surface area contributed by atoms with Crippen molar-refractivity contribution in [2.24, 2.45) is 0 Å². The predicted octanol–water partition coefficient (Wildman–Crippen LogP) is 3.96. The van der Waals surface area contributed by atoms with Gasteiger partial charge in [-0.1, -0.05) is 29.5 Å². The number of anilines is 1. The Balaban J connectivity index is 1.60. The lowest BCUT2D eigenvalue weighted by Crippen LogP contribution is -2.13. The second-order valence-electron chi connectivity index (χ2n) is 8.00. The lowest BCUT2D eigenvalue weighted by molar-refractivity contribution is -0.112. The van der Waals surface area contributed by atoms with Gasteiger partial charge >= 0.3 is 0 Å². The molecule has 0 saturated carbocycles. The van der Waals surface area contributed by atoms with Crippen LogP contribution in [0.1, 0.15) is 23.1 Å². The fraction of sp³-hybridized carbons (Fsp3) is 0.280. The summed E-state index contributed by atoms with van der Waals surface area (Å²) in [4.78, 5) is 12.5. The standard InChI is InChI=1S/C25H26N4O6S2/c1-16-6-7-17(2)21(12-16)35-11-5-10-34-20-9-8-18(14-22(20)33-3)13-19(15-26)23(30)27-24-28-29-25(36-24)37(4,31)32/h6-9,12-14H,5,10-11H2,1-4H3,(H,27,28,30). The van der Waals surface area contributed by atoms with Crippen molar-refractivity contribution in [3.8, 4) is 23.3 Å². The molecule has 1 aromatic heterocycles. The van der Waals surface area contributed by atoms with Gasteiger partial charge in [-0.15, -0.1) is 10.2 Å². The normalized spacial score (nSPS) is 11.5. The number of hydrogen-bond donors (Lipinski definition) is 1. The summed E-state index contributed by atoms with van der Waals surface area (Å²) >= 11 is 0.697. The molecule has 1 amide bonds. The summed E-state index contributed by atoms with van der Waals surface area (Å²) in [7, 11) is -2.06. The Morgan fingerprint density at radius 3 is 2.46 bits per heavy atom. The van der Waals surface area contributed by atoms with Crippen LogP contribution < -0.4 is 19.5 Å². The largest absolute Gasteiger partial charge is 0.493 e. The maximum absolute atomic E-state index is 12.5. The smallest absolute Gasteiger partial charge is 0.268 e. The number of nitrogens with zero attached hydrogens (tertiary/aromatic N) is 3. The molecule has 1 N–H and O–H groups in total. The molecule has 37 heavy (non-hydrogen) atoms. The van der Waals surface area contributed by atoms with Crippen LogP contribution in [0, 0.1) is 25.2 Å². The number of rotatable bonds is 11. The monoisotopic (exact) mass is 542 g/mol. The molecular weight excluding hydrogens is 516 g/mol. The molecule has 3 rings (SSSR count). The van der Waals surface area contributed by atoms with Gasteiger partial charge in [0, 0.05) is 12.7 Å². The molecule has 0 aliphatic rings. The number of carbonyl (C=O) groups excluding carboxylic acids is 1. The lowest BCUT2D eigenvalue weighted by Gasteiger charge is -2.13. The van der Waals surface area contributed by atoms with Crippen LogP contribution in [0.25, 0.3) is 6.08 Å². The third kappa shape index (κ3) is 7.77. The summed E-state index contributed by atoms with van der Waals surface area (Å²) in [5.41, 5.74) is 2.52. The van der Waals surface area contributed by atoms with Crippen molar-refractivity contribution in [1.82, 2.24) is 10.2 Å². The van der Waals surface area contributed by atoms with Crippen LogP contribution in [-0.2, 0) is 14.6 Å². The molecule has 0 unspecified atom stereocenters. The summed E-state index contributed by atoms with van der Waals surface area (Å²) in [5, 5.41) is 19.0. The molecule has 2 aromatic carbocycles. The molecule has 0 fully saturated rings. The Bertz CT molecular complexity index is 1460. The van der Waals surface area contributed by atoms with E-state index in [1.165, 1.54) is 13.2 Å². The lowest BCUT2D eigenvalue weighted by atomic mass is 10.1. The van der Waals surface area contributed by atoms with E-state index in [1.54, 1.807) is 18.2 Å². The number of nitrogens with one attached hydrogen (secondary N) is 1. The number of amides is 1. The first-order chi connectivity index (χ1) is 17.6. The van der Waals surface area contributed by atoms with E-state index in [2.05, 4.69) is 15.5 Å². The Labute approximate surface area is 219 Å². The van der Waals surface area contributed by atoms with E-state index in [0.717, 1.165) is 23.1 Å². The minimum atomic E-state index is -3.55. The number of aryl methyl sites for hydroxylation is 2. The minimum absolute atomic E-state index is 0.0329. The number of sulfone groups is 1. The van der Waals surface area contributed by atoms with Crippen molar-refractivity contribution in [2.45, 2.75) is 24.6 Å². The van der Waals surface area contributed by atoms with Gasteiger partial charge in [0.15, 0.2) is 11.5 Å². The van der Waals surface area contributed by atoms with Crippen LogP contribution >= 0.6 is 11.3 Å². The summed E-state index contributed by atoms with van der Waals surface area (Å²) in [5.74, 6) is 1.05. The first-order valence-corrected chi connectivity index (χ1v) is 13.8. The molecule has 194 valence electrons. The molecule has 3 aromatic rings. The molecule has 10 nitrogen and oxygen atoms in total. The Kier molecular flexibility index (Phi) is 9.21. The van der Waals surface area contributed by atoms with E-state index in [0.29, 0.717) is 48.0 Å². The highest BCUT2D eigenvalue weighted by atomic mass is 32.2. The second-order valence-corrected chi connectivity index (χ2v) is 11.2.